The SMILES string of the molecule is CCc1ccccc1Nc1nncc(Nc2cc(C)on2)n1. The van der Waals surface area contributed by atoms with E-state index in [1.165, 1.54) is 11.8 Å². The van der Waals surface area contributed by atoms with E-state index in [1.807, 2.05) is 25.1 Å². The summed E-state index contributed by atoms with van der Waals surface area (Å²) >= 11 is 0. The maximum atomic E-state index is 5.00. The van der Waals surface area contributed by atoms with Gasteiger partial charge in [-0.1, -0.05) is 30.3 Å². The lowest BCUT2D eigenvalue weighted by molar-refractivity contribution is 0.400. The molecule has 0 aliphatic rings. The number of nitrogens with one attached hydrogen (secondary N) is 2. The molecule has 0 bridgehead atoms. The van der Waals surface area contributed by atoms with Gasteiger partial charge in [-0.15, -0.1) is 5.10 Å². The molecule has 0 radical (unpaired) electrons. The Kier molecular flexibility index (Phi) is 3.95. The first kappa shape index (κ1) is 14.0. The van der Waals surface area contributed by atoms with E-state index in [-0.39, 0.29) is 0 Å². The smallest absolute Gasteiger partial charge is 0.249 e. The highest BCUT2D eigenvalue weighted by Gasteiger charge is 2.06. The number of hydrogen-bond donors (Lipinski definition) is 2. The molecule has 0 atom stereocenters. The van der Waals surface area contributed by atoms with Gasteiger partial charge in [0.15, 0.2) is 11.6 Å². The summed E-state index contributed by atoms with van der Waals surface area (Å²) in [5.41, 5.74) is 2.16. The van der Waals surface area contributed by atoms with Gasteiger partial charge in [-0.3, -0.25) is 0 Å². The Morgan fingerprint density at radius 1 is 1.14 bits per heavy atom. The summed E-state index contributed by atoms with van der Waals surface area (Å²) < 4.78 is 5.00. The van der Waals surface area contributed by atoms with Crippen molar-refractivity contribution in [1.29, 1.82) is 0 Å². The van der Waals surface area contributed by atoms with Gasteiger partial charge in [0.25, 0.3) is 0 Å². The molecule has 7 heteroatoms. The van der Waals surface area contributed by atoms with Crippen LogP contribution in [0.2, 0.25) is 0 Å². The molecule has 22 heavy (non-hydrogen) atoms. The number of rotatable bonds is 5. The van der Waals surface area contributed by atoms with E-state index in [0.29, 0.717) is 17.6 Å². The Hall–Kier alpha value is -2.96. The molecule has 112 valence electrons. The molecular weight excluding hydrogens is 280 g/mol. The highest BCUT2D eigenvalue weighted by Crippen LogP contribution is 2.20. The molecule has 1 aromatic carbocycles. The maximum Gasteiger partial charge on any atom is 0.249 e. The first-order chi connectivity index (χ1) is 10.7. The molecule has 0 saturated heterocycles. The van der Waals surface area contributed by atoms with Gasteiger partial charge >= 0.3 is 0 Å². The third-order valence-electron chi connectivity index (χ3n) is 3.09. The normalized spacial score (nSPS) is 10.5. The van der Waals surface area contributed by atoms with E-state index in [2.05, 4.69) is 44.0 Å². The lowest BCUT2D eigenvalue weighted by atomic mass is 10.1. The fourth-order valence-electron chi connectivity index (χ4n) is 2.04. The standard InChI is InChI=1S/C15H16N6O/c1-3-11-6-4-5-7-12(11)17-15-19-14(9-16-20-15)18-13-8-10(2)22-21-13/h4-9H,3H2,1-2H3,(H2,17,18,19,20,21). The summed E-state index contributed by atoms with van der Waals surface area (Å²) in [5, 5.41) is 18.0. The topological polar surface area (TPSA) is 88.8 Å². The fraction of sp³-hybridized carbons (Fsp3) is 0.200. The predicted octanol–water partition coefficient (Wildman–Crippen LogP) is 3.22. The van der Waals surface area contributed by atoms with E-state index in [4.69, 9.17) is 4.52 Å². The Balaban J connectivity index is 1.79. The van der Waals surface area contributed by atoms with Gasteiger partial charge in [0, 0.05) is 11.8 Å². The minimum absolute atomic E-state index is 0.422. The quantitative estimate of drug-likeness (QED) is 0.747. The van der Waals surface area contributed by atoms with E-state index in [9.17, 15) is 0 Å². The van der Waals surface area contributed by atoms with Crippen LogP contribution in [-0.4, -0.2) is 20.3 Å². The van der Waals surface area contributed by atoms with Crippen LogP contribution in [0.1, 0.15) is 18.2 Å². The second-order valence-corrected chi connectivity index (χ2v) is 4.75. The Morgan fingerprint density at radius 3 is 2.77 bits per heavy atom. The third kappa shape index (κ3) is 3.20. The first-order valence-electron chi connectivity index (χ1n) is 6.99. The maximum absolute atomic E-state index is 5.00. The summed E-state index contributed by atoms with van der Waals surface area (Å²) in [6.07, 6.45) is 2.45. The van der Waals surface area contributed by atoms with Crippen LogP contribution in [0.15, 0.2) is 41.1 Å². The lowest BCUT2D eigenvalue weighted by Crippen LogP contribution is -2.03. The molecule has 7 nitrogen and oxygen atoms in total. The molecule has 0 amide bonds. The second kappa shape index (κ2) is 6.21. The number of para-hydroxylation sites is 1. The zero-order valence-electron chi connectivity index (χ0n) is 12.4. The Bertz CT molecular complexity index is 770. The average molecular weight is 296 g/mol. The van der Waals surface area contributed by atoms with Gasteiger partial charge in [-0.25, -0.2) is 0 Å². The average Bonchev–Trinajstić information content (AvgIpc) is 2.93. The van der Waals surface area contributed by atoms with Crippen molar-refractivity contribution in [1.82, 2.24) is 20.3 Å². The van der Waals surface area contributed by atoms with Gasteiger partial charge < -0.3 is 15.2 Å². The molecule has 0 fully saturated rings. The third-order valence-corrected chi connectivity index (χ3v) is 3.09. The summed E-state index contributed by atoms with van der Waals surface area (Å²) in [5.74, 6) is 2.27. The molecule has 2 N–H and O–H groups in total. The first-order valence-corrected chi connectivity index (χ1v) is 6.99. The summed E-state index contributed by atoms with van der Waals surface area (Å²) in [7, 11) is 0. The zero-order chi connectivity index (χ0) is 15.4. The number of benzene rings is 1. The highest BCUT2D eigenvalue weighted by atomic mass is 16.5. The van der Waals surface area contributed by atoms with Gasteiger partial charge in [-0.2, -0.15) is 10.1 Å². The van der Waals surface area contributed by atoms with Crippen molar-refractivity contribution in [2.45, 2.75) is 20.3 Å². The van der Waals surface area contributed by atoms with Crippen molar-refractivity contribution in [2.75, 3.05) is 10.6 Å². The van der Waals surface area contributed by atoms with E-state index < -0.39 is 0 Å². The number of hydrogen-bond acceptors (Lipinski definition) is 7. The van der Waals surface area contributed by atoms with Gasteiger partial charge in [0.2, 0.25) is 5.95 Å². The van der Waals surface area contributed by atoms with Gasteiger partial charge in [0.1, 0.15) is 5.76 Å². The largest absolute Gasteiger partial charge is 0.360 e. The van der Waals surface area contributed by atoms with Crippen LogP contribution < -0.4 is 10.6 Å². The van der Waals surface area contributed by atoms with Crippen molar-refractivity contribution in [3.63, 3.8) is 0 Å². The minimum Gasteiger partial charge on any atom is -0.360 e. The van der Waals surface area contributed by atoms with Crippen molar-refractivity contribution in [3.05, 3.63) is 47.9 Å². The van der Waals surface area contributed by atoms with Crippen LogP contribution >= 0.6 is 0 Å². The van der Waals surface area contributed by atoms with Crippen LogP contribution in [-0.2, 0) is 6.42 Å². The Morgan fingerprint density at radius 2 is 2.00 bits per heavy atom. The summed E-state index contributed by atoms with van der Waals surface area (Å²) in [6.45, 7) is 3.93. The van der Waals surface area contributed by atoms with Crippen LogP contribution in [0.4, 0.5) is 23.3 Å². The van der Waals surface area contributed by atoms with Crippen molar-refractivity contribution in [3.8, 4) is 0 Å². The zero-order valence-corrected chi connectivity index (χ0v) is 12.4. The van der Waals surface area contributed by atoms with Crippen LogP contribution in [0.25, 0.3) is 0 Å². The molecule has 0 saturated carbocycles. The van der Waals surface area contributed by atoms with Gasteiger partial charge in [-0.05, 0) is 25.0 Å². The van der Waals surface area contributed by atoms with E-state index >= 15 is 0 Å². The molecule has 0 aliphatic carbocycles. The lowest BCUT2D eigenvalue weighted by Gasteiger charge is -2.09. The number of nitrogens with zero attached hydrogens (tertiary/aromatic N) is 4. The number of aromatic nitrogens is 4. The van der Waals surface area contributed by atoms with Crippen LogP contribution in [0, 0.1) is 6.92 Å². The summed E-state index contributed by atoms with van der Waals surface area (Å²) in [4.78, 5) is 4.37. The molecule has 0 unspecified atom stereocenters. The summed E-state index contributed by atoms with van der Waals surface area (Å²) in [6, 6.07) is 9.81. The van der Waals surface area contributed by atoms with Crippen LogP contribution in [0.5, 0.6) is 0 Å². The molecule has 3 rings (SSSR count). The molecule has 0 spiro atoms. The second-order valence-electron chi connectivity index (χ2n) is 4.75. The number of anilines is 4. The van der Waals surface area contributed by atoms with E-state index in [1.54, 1.807) is 6.07 Å². The predicted molar refractivity (Wildman–Crippen MR) is 83.5 cm³/mol. The minimum atomic E-state index is 0.422. The van der Waals surface area contributed by atoms with Crippen molar-refractivity contribution in [2.24, 2.45) is 0 Å². The number of aryl methyl sites for hydroxylation is 2. The molecule has 2 heterocycles. The van der Waals surface area contributed by atoms with E-state index in [0.717, 1.165) is 17.9 Å². The van der Waals surface area contributed by atoms with Crippen LogP contribution in [0.3, 0.4) is 0 Å². The highest BCUT2D eigenvalue weighted by molar-refractivity contribution is 5.60. The fourth-order valence-corrected chi connectivity index (χ4v) is 2.04. The van der Waals surface area contributed by atoms with Crippen molar-refractivity contribution < 1.29 is 4.52 Å². The van der Waals surface area contributed by atoms with Gasteiger partial charge in [0.05, 0.1) is 6.20 Å². The molecule has 2 aromatic heterocycles. The Labute approximate surface area is 127 Å². The molecule has 3 aromatic rings. The monoisotopic (exact) mass is 296 g/mol. The molecular formula is C15H16N6O. The molecule has 0 aliphatic heterocycles. The van der Waals surface area contributed by atoms with Crippen molar-refractivity contribution >= 4 is 23.3 Å².